The van der Waals surface area contributed by atoms with Gasteiger partial charge < -0.3 is 14.8 Å². The Labute approximate surface area is 178 Å². The van der Waals surface area contributed by atoms with Crippen molar-refractivity contribution in [3.63, 3.8) is 0 Å². The summed E-state index contributed by atoms with van der Waals surface area (Å²) in [5.41, 5.74) is 1.74. The highest BCUT2D eigenvalue weighted by molar-refractivity contribution is 5.78. The smallest absolute Gasteiger partial charge is 0.234 e. The fourth-order valence-corrected chi connectivity index (χ4v) is 3.70. The summed E-state index contributed by atoms with van der Waals surface area (Å²) in [5.74, 6) is 0.543. The van der Waals surface area contributed by atoms with E-state index in [-0.39, 0.29) is 17.3 Å². The quantitative estimate of drug-likeness (QED) is 0.716. The molecule has 0 aromatic heterocycles. The maximum absolute atomic E-state index is 13.0. The Balaban J connectivity index is 1.46. The molecule has 162 valence electrons. The summed E-state index contributed by atoms with van der Waals surface area (Å²) in [6.45, 7) is 4.92. The Hall–Kier alpha value is -2.44. The van der Waals surface area contributed by atoms with Crippen LogP contribution in [0.25, 0.3) is 0 Å². The van der Waals surface area contributed by atoms with Gasteiger partial charge in [0.15, 0.2) is 0 Å². The number of hydrogen-bond acceptors (Lipinski definition) is 4. The molecule has 0 radical (unpaired) electrons. The molecule has 2 aromatic carbocycles. The fourth-order valence-electron chi connectivity index (χ4n) is 3.70. The standard InChI is InChI=1S/C24H31FN2O3/c1-19-4-10-22(11-5-19)30-18-24(29-2)12-3-14-27(15-13-24)17-23(28)26-16-20-6-8-21(25)9-7-20/h4-11H,3,12-18H2,1-2H3,(H,26,28). The lowest BCUT2D eigenvalue weighted by Gasteiger charge is -2.31. The Kier molecular flexibility index (Phi) is 7.82. The van der Waals surface area contributed by atoms with Crippen LogP contribution in [-0.4, -0.2) is 49.8 Å². The van der Waals surface area contributed by atoms with E-state index in [4.69, 9.17) is 9.47 Å². The number of aryl methyl sites for hydroxylation is 1. The number of hydrogen-bond donors (Lipinski definition) is 1. The van der Waals surface area contributed by atoms with Crippen molar-refractivity contribution in [2.24, 2.45) is 0 Å². The van der Waals surface area contributed by atoms with Crippen molar-refractivity contribution in [2.75, 3.05) is 33.4 Å². The monoisotopic (exact) mass is 414 g/mol. The number of halogens is 1. The van der Waals surface area contributed by atoms with Crippen LogP contribution in [0.5, 0.6) is 5.75 Å². The van der Waals surface area contributed by atoms with E-state index in [1.165, 1.54) is 17.7 Å². The minimum Gasteiger partial charge on any atom is -0.491 e. The average molecular weight is 415 g/mol. The van der Waals surface area contributed by atoms with Crippen molar-refractivity contribution in [1.82, 2.24) is 10.2 Å². The largest absolute Gasteiger partial charge is 0.491 e. The van der Waals surface area contributed by atoms with Crippen molar-refractivity contribution in [1.29, 1.82) is 0 Å². The van der Waals surface area contributed by atoms with E-state index in [0.29, 0.717) is 19.7 Å². The number of carbonyl (C=O) groups is 1. The van der Waals surface area contributed by atoms with Gasteiger partial charge in [-0.25, -0.2) is 4.39 Å². The third-order valence-corrected chi connectivity index (χ3v) is 5.72. The topological polar surface area (TPSA) is 50.8 Å². The van der Waals surface area contributed by atoms with Gasteiger partial charge in [0.2, 0.25) is 5.91 Å². The van der Waals surface area contributed by atoms with Gasteiger partial charge in [-0.15, -0.1) is 0 Å². The zero-order chi connectivity index (χ0) is 21.4. The van der Waals surface area contributed by atoms with Gasteiger partial charge in [-0.3, -0.25) is 9.69 Å². The molecule has 30 heavy (non-hydrogen) atoms. The zero-order valence-corrected chi connectivity index (χ0v) is 17.8. The second-order valence-corrected chi connectivity index (χ2v) is 8.02. The van der Waals surface area contributed by atoms with Crippen LogP contribution >= 0.6 is 0 Å². The molecule has 1 N–H and O–H groups in total. The number of carbonyl (C=O) groups excluding carboxylic acids is 1. The molecule has 1 fully saturated rings. The molecule has 0 spiro atoms. The van der Waals surface area contributed by atoms with Crippen molar-refractivity contribution >= 4 is 5.91 Å². The molecule has 5 nitrogen and oxygen atoms in total. The molecule has 6 heteroatoms. The molecule has 1 aliphatic rings. The van der Waals surface area contributed by atoms with E-state index in [0.717, 1.165) is 43.7 Å². The number of nitrogens with zero attached hydrogens (tertiary/aromatic N) is 1. The Morgan fingerprint density at radius 2 is 1.83 bits per heavy atom. The van der Waals surface area contributed by atoms with Crippen molar-refractivity contribution in [3.8, 4) is 5.75 Å². The van der Waals surface area contributed by atoms with Crippen molar-refractivity contribution in [3.05, 3.63) is 65.5 Å². The summed E-state index contributed by atoms with van der Waals surface area (Å²) in [6, 6.07) is 14.2. The SMILES string of the molecule is COC1(COc2ccc(C)cc2)CCCN(CC(=O)NCc2ccc(F)cc2)CC1. The van der Waals surface area contributed by atoms with Gasteiger partial charge in [0.1, 0.15) is 23.8 Å². The first-order chi connectivity index (χ1) is 14.5. The molecule has 1 aliphatic heterocycles. The molecular formula is C24H31FN2O3. The number of nitrogens with one attached hydrogen (secondary N) is 1. The summed E-state index contributed by atoms with van der Waals surface area (Å²) in [5, 5.41) is 2.91. The molecule has 1 atom stereocenters. The van der Waals surface area contributed by atoms with Crippen LogP contribution in [0, 0.1) is 12.7 Å². The predicted octanol–water partition coefficient (Wildman–Crippen LogP) is 3.70. The minimum atomic E-state index is -0.343. The molecule has 3 rings (SSSR count). The highest BCUT2D eigenvalue weighted by atomic mass is 19.1. The van der Waals surface area contributed by atoms with Gasteiger partial charge in [-0.2, -0.15) is 0 Å². The van der Waals surface area contributed by atoms with E-state index in [1.54, 1.807) is 19.2 Å². The maximum atomic E-state index is 13.0. The molecule has 1 amide bonds. The molecule has 2 aromatic rings. The van der Waals surface area contributed by atoms with E-state index < -0.39 is 0 Å². The van der Waals surface area contributed by atoms with Crippen molar-refractivity contribution in [2.45, 2.75) is 38.3 Å². The van der Waals surface area contributed by atoms with E-state index in [2.05, 4.69) is 17.1 Å². The van der Waals surface area contributed by atoms with Crippen LogP contribution in [0.3, 0.4) is 0 Å². The molecule has 0 saturated carbocycles. The second-order valence-electron chi connectivity index (χ2n) is 8.02. The third-order valence-electron chi connectivity index (χ3n) is 5.72. The number of methoxy groups -OCH3 is 1. The van der Waals surface area contributed by atoms with E-state index in [1.807, 2.05) is 24.3 Å². The average Bonchev–Trinajstić information content (AvgIpc) is 2.96. The molecule has 1 heterocycles. The second kappa shape index (κ2) is 10.5. The number of ether oxygens (including phenoxy) is 2. The third kappa shape index (κ3) is 6.54. The number of benzene rings is 2. The minimum absolute atomic E-state index is 0.0276. The molecule has 1 unspecified atom stereocenters. The van der Waals surface area contributed by atoms with Gasteiger partial charge in [0.05, 0.1) is 6.54 Å². The predicted molar refractivity (Wildman–Crippen MR) is 115 cm³/mol. The van der Waals surface area contributed by atoms with Gasteiger partial charge in [-0.1, -0.05) is 29.8 Å². The first kappa shape index (κ1) is 22.2. The van der Waals surface area contributed by atoms with Crippen LogP contribution in [-0.2, 0) is 16.1 Å². The first-order valence-electron chi connectivity index (χ1n) is 10.5. The number of rotatable bonds is 8. The highest BCUT2D eigenvalue weighted by Gasteiger charge is 2.34. The van der Waals surface area contributed by atoms with Crippen molar-refractivity contribution < 1.29 is 18.7 Å². The van der Waals surface area contributed by atoms with Gasteiger partial charge in [-0.05, 0) is 62.6 Å². The fraction of sp³-hybridized carbons (Fsp3) is 0.458. The van der Waals surface area contributed by atoms with Crippen LogP contribution in [0.2, 0.25) is 0 Å². The normalized spacial score (nSPS) is 19.8. The zero-order valence-electron chi connectivity index (χ0n) is 17.8. The maximum Gasteiger partial charge on any atom is 0.234 e. The summed E-state index contributed by atoms with van der Waals surface area (Å²) in [7, 11) is 1.74. The molecular weight excluding hydrogens is 383 g/mol. The van der Waals surface area contributed by atoms with E-state index >= 15 is 0 Å². The molecule has 0 bridgehead atoms. The Bertz CT molecular complexity index is 810. The summed E-state index contributed by atoms with van der Waals surface area (Å²) in [6.07, 6.45) is 2.64. The van der Waals surface area contributed by atoms with Gasteiger partial charge >= 0.3 is 0 Å². The number of likely N-dealkylation sites (tertiary alicyclic amines) is 1. The lowest BCUT2D eigenvalue weighted by molar-refractivity contribution is -0.122. The Morgan fingerprint density at radius 1 is 1.10 bits per heavy atom. The lowest BCUT2D eigenvalue weighted by atomic mass is 9.95. The summed E-state index contributed by atoms with van der Waals surface area (Å²) < 4.78 is 24.9. The van der Waals surface area contributed by atoms with E-state index in [9.17, 15) is 9.18 Å². The highest BCUT2D eigenvalue weighted by Crippen LogP contribution is 2.27. The van der Waals surface area contributed by atoms with Crippen LogP contribution in [0.4, 0.5) is 4.39 Å². The van der Waals surface area contributed by atoms with Gasteiger partial charge in [0.25, 0.3) is 0 Å². The number of amides is 1. The van der Waals surface area contributed by atoms with Gasteiger partial charge in [0, 0.05) is 20.2 Å². The summed E-state index contributed by atoms with van der Waals surface area (Å²) >= 11 is 0. The first-order valence-corrected chi connectivity index (χ1v) is 10.5. The Morgan fingerprint density at radius 3 is 2.53 bits per heavy atom. The van der Waals surface area contributed by atoms with Crippen LogP contribution in [0.15, 0.2) is 48.5 Å². The summed E-state index contributed by atoms with van der Waals surface area (Å²) in [4.78, 5) is 14.5. The molecule has 1 saturated heterocycles. The lowest BCUT2D eigenvalue weighted by Crippen LogP contribution is -2.41. The van der Waals surface area contributed by atoms with Crippen LogP contribution in [0.1, 0.15) is 30.4 Å². The van der Waals surface area contributed by atoms with Crippen LogP contribution < -0.4 is 10.1 Å². The molecule has 0 aliphatic carbocycles.